The average molecular weight is 388 g/mol. The minimum Gasteiger partial charge on any atom is -0.445 e. The fourth-order valence-corrected chi connectivity index (χ4v) is 3.10. The topological polar surface area (TPSA) is 89.9 Å². The van der Waals surface area contributed by atoms with E-state index in [1.54, 1.807) is 13.1 Å². The van der Waals surface area contributed by atoms with Gasteiger partial charge in [-0.1, -0.05) is 0 Å². The van der Waals surface area contributed by atoms with E-state index < -0.39 is 48.4 Å². The van der Waals surface area contributed by atoms with Crippen molar-refractivity contribution >= 4 is 24.4 Å². The Kier molecular flexibility index (Phi) is 7.15. The van der Waals surface area contributed by atoms with E-state index in [0.717, 1.165) is 0 Å². The molecule has 0 rings (SSSR count). The fourth-order valence-electron chi connectivity index (χ4n) is 1.41. The van der Waals surface area contributed by atoms with Gasteiger partial charge in [0, 0.05) is 13.5 Å². The third-order valence-electron chi connectivity index (χ3n) is 2.91. The first-order chi connectivity index (χ1) is 10.0. The predicted octanol–water partition coefficient (Wildman–Crippen LogP) is 2.57. The number of rotatable bonds is 8. The van der Waals surface area contributed by atoms with Crippen molar-refractivity contribution in [3.8, 4) is 0 Å². The van der Waals surface area contributed by atoms with Gasteiger partial charge in [-0.25, -0.2) is 0 Å². The summed E-state index contributed by atoms with van der Waals surface area (Å²) in [6, 6.07) is 0.351. The molecule has 0 aromatic heterocycles. The molecule has 0 spiro atoms. The van der Waals surface area contributed by atoms with Gasteiger partial charge in [0.1, 0.15) is 0 Å². The molecule has 0 saturated heterocycles. The average Bonchev–Trinajstić information content (AvgIpc) is 2.32. The van der Waals surface area contributed by atoms with E-state index in [4.69, 9.17) is 8.98 Å². The standard InChI is InChI=1S/C10H17F5O6SSi/c1-20-23(2,3)6-4-5-7(16)21-8(9(11,12)13)10(14,15)22(17,18)19/h8H,4-6H2,1-3H3,(H,17,18,19). The molecule has 0 aromatic carbocycles. The highest BCUT2D eigenvalue weighted by Gasteiger charge is 2.65. The second-order valence-electron chi connectivity index (χ2n) is 5.27. The number of ether oxygens (including phenoxy) is 1. The number of hydrogen-bond acceptors (Lipinski definition) is 5. The molecule has 0 bridgehead atoms. The SMILES string of the molecule is CO[Si](C)(C)CCCC(=O)OC(C(F)(F)F)C(F)(F)S(=O)(=O)O. The molecular formula is C10H17F5O6SSi. The molecule has 0 fully saturated rings. The van der Waals surface area contributed by atoms with Crippen LogP contribution in [0.15, 0.2) is 0 Å². The van der Waals surface area contributed by atoms with Crippen molar-refractivity contribution in [3.63, 3.8) is 0 Å². The molecule has 13 heteroatoms. The molecule has 23 heavy (non-hydrogen) atoms. The number of esters is 1. The third kappa shape index (κ3) is 6.69. The van der Waals surface area contributed by atoms with Gasteiger partial charge in [0.25, 0.3) is 6.10 Å². The van der Waals surface area contributed by atoms with E-state index in [-0.39, 0.29) is 6.42 Å². The van der Waals surface area contributed by atoms with Crippen molar-refractivity contribution in [1.82, 2.24) is 0 Å². The fraction of sp³-hybridized carbons (Fsp3) is 0.900. The molecule has 138 valence electrons. The van der Waals surface area contributed by atoms with E-state index in [1.807, 2.05) is 0 Å². The highest BCUT2D eigenvalue weighted by atomic mass is 32.2. The largest absolute Gasteiger partial charge is 0.445 e. The molecular weight excluding hydrogens is 371 g/mol. The summed E-state index contributed by atoms with van der Waals surface area (Å²) in [4.78, 5) is 11.3. The Labute approximate surface area is 130 Å². The van der Waals surface area contributed by atoms with Gasteiger partial charge in [-0.05, 0) is 25.6 Å². The maximum Gasteiger partial charge on any atom is 0.432 e. The first-order valence-electron chi connectivity index (χ1n) is 6.21. The highest BCUT2D eigenvalue weighted by Crippen LogP contribution is 2.38. The van der Waals surface area contributed by atoms with E-state index in [1.165, 1.54) is 7.11 Å². The van der Waals surface area contributed by atoms with Crippen molar-refractivity contribution in [2.24, 2.45) is 0 Å². The monoisotopic (exact) mass is 388 g/mol. The lowest BCUT2D eigenvalue weighted by Crippen LogP contribution is -2.52. The van der Waals surface area contributed by atoms with Crippen LogP contribution in [0, 0.1) is 0 Å². The van der Waals surface area contributed by atoms with Crippen LogP contribution in [0.1, 0.15) is 12.8 Å². The smallest absolute Gasteiger partial charge is 0.432 e. The van der Waals surface area contributed by atoms with Gasteiger partial charge >= 0.3 is 27.5 Å². The minimum absolute atomic E-state index is 0.0217. The molecule has 1 N–H and O–H groups in total. The van der Waals surface area contributed by atoms with E-state index >= 15 is 0 Å². The zero-order valence-corrected chi connectivity index (χ0v) is 14.3. The Morgan fingerprint density at radius 3 is 2.04 bits per heavy atom. The normalized spacial score (nSPS) is 15.3. The maximum absolute atomic E-state index is 13.2. The van der Waals surface area contributed by atoms with Crippen molar-refractivity contribution in [3.05, 3.63) is 0 Å². The lowest BCUT2D eigenvalue weighted by atomic mass is 10.3. The van der Waals surface area contributed by atoms with Crippen LogP contribution in [-0.2, 0) is 24.1 Å². The first kappa shape index (κ1) is 22.2. The van der Waals surface area contributed by atoms with Crippen LogP contribution in [0.4, 0.5) is 22.0 Å². The van der Waals surface area contributed by atoms with Crippen LogP contribution < -0.4 is 0 Å². The van der Waals surface area contributed by atoms with Crippen LogP contribution in [-0.4, -0.2) is 51.9 Å². The Bertz CT molecular complexity index is 518. The molecule has 0 heterocycles. The highest BCUT2D eigenvalue weighted by molar-refractivity contribution is 7.86. The lowest BCUT2D eigenvalue weighted by molar-refractivity contribution is -0.259. The van der Waals surface area contributed by atoms with E-state index in [9.17, 15) is 35.2 Å². The Morgan fingerprint density at radius 1 is 1.22 bits per heavy atom. The van der Waals surface area contributed by atoms with Crippen LogP contribution >= 0.6 is 0 Å². The zero-order chi connectivity index (χ0) is 18.7. The summed E-state index contributed by atoms with van der Waals surface area (Å²) < 4.78 is 102. The summed E-state index contributed by atoms with van der Waals surface area (Å²) in [5, 5.41) is -5.71. The van der Waals surface area contributed by atoms with Crippen LogP contribution in [0.5, 0.6) is 0 Å². The summed E-state index contributed by atoms with van der Waals surface area (Å²) in [7, 11) is -7.10. The maximum atomic E-state index is 13.2. The van der Waals surface area contributed by atoms with E-state index in [0.29, 0.717) is 6.04 Å². The second-order valence-corrected chi connectivity index (χ2v) is 11.2. The van der Waals surface area contributed by atoms with Crippen LogP contribution in [0.2, 0.25) is 19.1 Å². The Hall–Kier alpha value is -0.793. The molecule has 0 radical (unpaired) electrons. The quantitative estimate of drug-likeness (QED) is 0.298. The van der Waals surface area contributed by atoms with Gasteiger partial charge in [0.2, 0.25) is 0 Å². The van der Waals surface area contributed by atoms with Crippen LogP contribution in [0.3, 0.4) is 0 Å². The summed E-state index contributed by atoms with van der Waals surface area (Å²) >= 11 is 0. The molecule has 1 atom stereocenters. The molecule has 1 unspecified atom stereocenters. The number of halogens is 5. The van der Waals surface area contributed by atoms with Gasteiger partial charge < -0.3 is 9.16 Å². The van der Waals surface area contributed by atoms with E-state index in [2.05, 4.69) is 4.74 Å². The molecule has 6 nitrogen and oxygen atoms in total. The lowest BCUT2D eigenvalue weighted by Gasteiger charge is -2.26. The number of hydrogen-bond donors (Lipinski definition) is 1. The summed E-state index contributed by atoms with van der Waals surface area (Å²) in [5.41, 5.74) is 0. The Balaban J connectivity index is 4.99. The van der Waals surface area contributed by atoms with Crippen molar-refractivity contribution in [2.75, 3.05) is 7.11 Å². The molecule has 0 amide bonds. The molecule has 0 aliphatic rings. The predicted molar refractivity (Wildman–Crippen MR) is 71.0 cm³/mol. The van der Waals surface area contributed by atoms with Crippen molar-refractivity contribution in [1.29, 1.82) is 0 Å². The first-order valence-corrected chi connectivity index (χ1v) is 10.8. The summed E-state index contributed by atoms with van der Waals surface area (Å²) in [6.45, 7) is 3.53. The third-order valence-corrected chi connectivity index (χ3v) is 6.47. The molecule has 0 saturated carbocycles. The van der Waals surface area contributed by atoms with Gasteiger partial charge in [-0.2, -0.15) is 30.4 Å². The molecule has 0 aliphatic carbocycles. The zero-order valence-electron chi connectivity index (χ0n) is 12.5. The van der Waals surface area contributed by atoms with Crippen molar-refractivity contribution in [2.45, 2.75) is 49.5 Å². The molecule has 0 aliphatic heterocycles. The van der Waals surface area contributed by atoms with Gasteiger partial charge in [0.15, 0.2) is 8.32 Å². The summed E-state index contributed by atoms with van der Waals surface area (Å²) in [5.74, 6) is -1.66. The van der Waals surface area contributed by atoms with Crippen LogP contribution in [0.25, 0.3) is 0 Å². The van der Waals surface area contributed by atoms with Gasteiger partial charge in [-0.3, -0.25) is 9.35 Å². The van der Waals surface area contributed by atoms with Gasteiger partial charge in [0.05, 0.1) is 0 Å². The number of carbonyl (C=O) groups is 1. The number of carbonyl (C=O) groups excluding carboxylic acids is 1. The number of alkyl halides is 5. The van der Waals surface area contributed by atoms with Gasteiger partial charge in [-0.15, -0.1) is 0 Å². The second kappa shape index (κ2) is 7.40. The molecule has 0 aromatic rings. The Morgan fingerprint density at radius 2 is 1.70 bits per heavy atom. The minimum atomic E-state index is -6.42. The van der Waals surface area contributed by atoms with Crippen molar-refractivity contribution < 1.29 is 48.9 Å². The summed E-state index contributed by atoms with van der Waals surface area (Å²) in [6.07, 6.45) is -10.8.